The van der Waals surface area contributed by atoms with Crippen LogP contribution in [0.1, 0.15) is 31.8 Å². The standard InChI is InChI=1S/C26H22O4/c27-25(23-13-3-1-4-14-23)29-19-9-17-21-11-7-8-12-22(21)18-10-20-30-26(28)24-15-5-2-6-16-24/h1-18H,19-20H2/b17-9-,18-10-. The van der Waals surface area contributed by atoms with Gasteiger partial charge in [0.05, 0.1) is 11.1 Å². The van der Waals surface area contributed by atoms with Crippen LogP contribution in [0.25, 0.3) is 12.2 Å². The van der Waals surface area contributed by atoms with E-state index in [1.54, 1.807) is 60.7 Å². The van der Waals surface area contributed by atoms with Crippen LogP contribution in [0.2, 0.25) is 0 Å². The fraction of sp³-hybridized carbons (Fsp3) is 0.0769. The van der Waals surface area contributed by atoms with Gasteiger partial charge >= 0.3 is 11.9 Å². The Bertz CT molecular complexity index is 937. The van der Waals surface area contributed by atoms with Crippen LogP contribution in [0.4, 0.5) is 0 Å². The van der Waals surface area contributed by atoms with E-state index in [2.05, 4.69) is 0 Å². The highest BCUT2D eigenvalue weighted by molar-refractivity contribution is 5.89. The Labute approximate surface area is 176 Å². The minimum Gasteiger partial charge on any atom is -0.458 e. The first-order valence-electron chi connectivity index (χ1n) is 9.60. The van der Waals surface area contributed by atoms with Crippen LogP contribution in [-0.2, 0) is 9.47 Å². The maximum Gasteiger partial charge on any atom is 0.338 e. The summed E-state index contributed by atoms with van der Waals surface area (Å²) in [7, 11) is 0. The van der Waals surface area contributed by atoms with E-state index in [0.717, 1.165) is 11.1 Å². The van der Waals surface area contributed by atoms with Crippen LogP contribution in [0.3, 0.4) is 0 Å². The summed E-state index contributed by atoms with van der Waals surface area (Å²) in [6.45, 7) is 0.362. The summed E-state index contributed by atoms with van der Waals surface area (Å²) in [6.07, 6.45) is 7.38. The molecule has 0 aliphatic rings. The van der Waals surface area contributed by atoms with E-state index in [1.807, 2.05) is 48.6 Å². The lowest BCUT2D eigenvalue weighted by Gasteiger charge is -2.03. The van der Waals surface area contributed by atoms with Gasteiger partial charge in [-0.2, -0.15) is 0 Å². The lowest BCUT2D eigenvalue weighted by Crippen LogP contribution is -2.04. The van der Waals surface area contributed by atoms with Crippen LogP contribution >= 0.6 is 0 Å². The number of hydrogen-bond acceptors (Lipinski definition) is 4. The Kier molecular flexibility index (Phi) is 7.75. The molecule has 0 spiro atoms. The van der Waals surface area contributed by atoms with Gasteiger partial charge in [-0.05, 0) is 47.5 Å². The zero-order valence-electron chi connectivity index (χ0n) is 16.4. The van der Waals surface area contributed by atoms with Gasteiger partial charge in [0.2, 0.25) is 0 Å². The number of carbonyl (C=O) groups excluding carboxylic acids is 2. The fourth-order valence-electron chi connectivity index (χ4n) is 2.73. The zero-order chi connectivity index (χ0) is 21.0. The minimum atomic E-state index is -0.353. The second-order valence-corrected chi connectivity index (χ2v) is 6.36. The Morgan fingerprint density at radius 3 is 1.33 bits per heavy atom. The number of benzene rings is 3. The summed E-state index contributed by atoms with van der Waals surface area (Å²) in [5.74, 6) is -0.706. The Morgan fingerprint density at radius 1 is 0.567 bits per heavy atom. The van der Waals surface area contributed by atoms with Crippen molar-refractivity contribution >= 4 is 24.1 Å². The van der Waals surface area contributed by atoms with Crippen LogP contribution in [0.15, 0.2) is 97.1 Å². The summed E-state index contributed by atoms with van der Waals surface area (Å²) in [6, 6.07) is 25.6. The molecule has 0 aliphatic carbocycles. The SMILES string of the molecule is O=C(OC/C=C\c1ccccc1/C=C\COC(=O)c1ccccc1)c1ccccc1. The average Bonchev–Trinajstić information content (AvgIpc) is 2.81. The van der Waals surface area contributed by atoms with E-state index in [1.165, 1.54) is 0 Å². The van der Waals surface area contributed by atoms with Crippen LogP contribution in [-0.4, -0.2) is 25.2 Å². The Hall–Kier alpha value is -3.92. The number of carbonyl (C=O) groups is 2. The van der Waals surface area contributed by atoms with E-state index < -0.39 is 0 Å². The number of esters is 2. The van der Waals surface area contributed by atoms with Crippen LogP contribution in [0.5, 0.6) is 0 Å². The van der Waals surface area contributed by atoms with Gasteiger partial charge in [0.1, 0.15) is 13.2 Å². The molecule has 0 aliphatic heterocycles. The van der Waals surface area contributed by atoms with Crippen LogP contribution in [0, 0.1) is 0 Å². The smallest absolute Gasteiger partial charge is 0.338 e. The fourth-order valence-corrected chi connectivity index (χ4v) is 2.73. The molecule has 0 fully saturated rings. The van der Waals surface area contributed by atoms with Crippen molar-refractivity contribution in [1.82, 2.24) is 0 Å². The molecule has 0 unspecified atom stereocenters. The molecular weight excluding hydrogens is 376 g/mol. The molecule has 0 radical (unpaired) electrons. The lowest BCUT2D eigenvalue weighted by atomic mass is 10.1. The molecule has 0 bridgehead atoms. The molecule has 4 nitrogen and oxygen atoms in total. The zero-order valence-corrected chi connectivity index (χ0v) is 16.4. The molecule has 0 saturated carbocycles. The molecular formula is C26H22O4. The van der Waals surface area contributed by atoms with E-state index in [-0.39, 0.29) is 25.2 Å². The quantitative estimate of drug-likeness (QED) is 0.475. The van der Waals surface area contributed by atoms with E-state index >= 15 is 0 Å². The number of hydrogen-bond donors (Lipinski definition) is 0. The molecule has 0 saturated heterocycles. The van der Waals surface area contributed by atoms with Crippen molar-refractivity contribution < 1.29 is 19.1 Å². The maximum absolute atomic E-state index is 11.9. The third kappa shape index (κ3) is 6.31. The van der Waals surface area contributed by atoms with Crippen LogP contribution < -0.4 is 0 Å². The first kappa shape index (κ1) is 20.8. The highest BCUT2D eigenvalue weighted by atomic mass is 16.5. The van der Waals surface area contributed by atoms with Crippen molar-refractivity contribution in [2.75, 3.05) is 13.2 Å². The molecule has 0 amide bonds. The van der Waals surface area contributed by atoms with Gasteiger partial charge in [-0.1, -0.05) is 72.8 Å². The molecule has 0 aromatic heterocycles. The summed E-state index contributed by atoms with van der Waals surface area (Å²) < 4.78 is 10.5. The van der Waals surface area contributed by atoms with Gasteiger partial charge in [0.15, 0.2) is 0 Å². The topological polar surface area (TPSA) is 52.6 Å². The van der Waals surface area contributed by atoms with Crippen molar-refractivity contribution in [3.05, 3.63) is 119 Å². The van der Waals surface area contributed by atoms with Crippen molar-refractivity contribution in [3.63, 3.8) is 0 Å². The normalized spacial score (nSPS) is 10.9. The molecule has 4 heteroatoms. The summed E-state index contributed by atoms with van der Waals surface area (Å²) in [4.78, 5) is 23.9. The molecule has 0 heterocycles. The first-order valence-corrected chi connectivity index (χ1v) is 9.60. The Morgan fingerprint density at radius 2 is 0.933 bits per heavy atom. The average molecular weight is 398 g/mol. The minimum absolute atomic E-state index is 0.181. The van der Waals surface area contributed by atoms with E-state index in [0.29, 0.717) is 11.1 Å². The summed E-state index contributed by atoms with van der Waals surface area (Å²) in [5.41, 5.74) is 3.00. The molecule has 3 aromatic rings. The largest absolute Gasteiger partial charge is 0.458 e. The molecule has 30 heavy (non-hydrogen) atoms. The van der Waals surface area contributed by atoms with E-state index in [9.17, 15) is 9.59 Å². The maximum atomic E-state index is 11.9. The lowest BCUT2D eigenvalue weighted by molar-refractivity contribution is 0.0541. The third-order valence-corrected chi connectivity index (χ3v) is 4.23. The van der Waals surface area contributed by atoms with Gasteiger partial charge in [0.25, 0.3) is 0 Å². The van der Waals surface area contributed by atoms with Gasteiger partial charge < -0.3 is 9.47 Å². The van der Waals surface area contributed by atoms with Crippen molar-refractivity contribution in [2.24, 2.45) is 0 Å². The molecule has 3 aromatic carbocycles. The van der Waals surface area contributed by atoms with Gasteiger partial charge in [-0.15, -0.1) is 0 Å². The van der Waals surface area contributed by atoms with Gasteiger partial charge in [-0.3, -0.25) is 0 Å². The molecule has 0 N–H and O–H groups in total. The summed E-state index contributed by atoms with van der Waals surface area (Å²) in [5, 5.41) is 0. The predicted molar refractivity (Wildman–Crippen MR) is 118 cm³/mol. The highest BCUT2D eigenvalue weighted by Gasteiger charge is 2.05. The van der Waals surface area contributed by atoms with E-state index in [4.69, 9.17) is 9.47 Å². The van der Waals surface area contributed by atoms with Gasteiger partial charge in [0, 0.05) is 0 Å². The molecule has 3 rings (SSSR count). The van der Waals surface area contributed by atoms with Gasteiger partial charge in [-0.25, -0.2) is 9.59 Å². The van der Waals surface area contributed by atoms with Crippen molar-refractivity contribution in [1.29, 1.82) is 0 Å². The monoisotopic (exact) mass is 398 g/mol. The second kappa shape index (κ2) is 11.2. The molecule has 150 valence electrons. The van der Waals surface area contributed by atoms with Crippen molar-refractivity contribution in [2.45, 2.75) is 0 Å². The highest BCUT2D eigenvalue weighted by Crippen LogP contribution is 2.13. The molecule has 0 atom stereocenters. The third-order valence-electron chi connectivity index (χ3n) is 4.23. The predicted octanol–water partition coefficient (Wildman–Crippen LogP) is 5.43. The first-order chi connectivity index (χ1) is 14.7. The summed E-state index contributed by atoms with van der Waals surface area (Å²) >= 11 is 0. The second-order valence-electron chi connectivity index (χ2n) is 6.36. The number of ether oxygens (including phenoxy) is 2. The van der Waals surface area contributed by atoms with Crippen molar-refractivity contribution in [3.8, 4) is 0 Å². The number of rotatable bonds is 8. The Balaban J connectivity index is 1.51.